The summed E-state index contributed by atoms with van der Waals surface area (Å²) >= 11 is 0. The molecule has 0 bridgehead atoms. The van der Waals surface area contributed by atoms with Gasteiger partial charge in [0.15, 0.2) is 8.07 Å². The topological polar surface area (TPSA) is 25.8 Å². The van der Waals surface area contributed by atoms with Crippen LogP contribution in [0.5, 0.6) is 0 Å². The van der Waals surface area contributed by atoms with Gasteiger partial charge in [-0.2, -0.15) is 0 Å². The second-order valence-corrected chi connectivity index (χ2v) is 18.6. The number of aromatic nitrogens is 2. The molecule has 0 aliphatic carbocycles. The standard InChI is InChI=1S/C54H36N2Si/c1-5-15-38(16-6-1)44-33-34-55-53-46(44)30-31-47-48(39-17-7-2-8-18-39)36-50(56-54(47)53)40-27-25-37(26-28-40)41-29-32-52-49(35-41)45-23-13-14-24-51(45)57(52,42-19-9-3-10-20-42)43-21-11-4-12-22-43/h1-36H. The third kappa shape index (κ3) is 5.31. The SMILES string of the molecule is c1ccc(-c2ccnc3c2ccc2c(-c4ccccc4)cc(-c4ccc(-c5ccc6c(c5)-c5ccccc5[Si]6(c5ccccc5)c5ccccc5)cc4)nc23)cc1. The lowest BCUT2D eigenvalue weighted by molar-refractivity contribution is 1.37. The van der Waals surface area contributed by atoms with Gasteiger partial charge in [0.05, 0.1) is 16.7 Å². The smallest absolute Gasteiger partial charge is 0.180 e. The number of nitrogens with zero attached hydrogens (tertiary/aromatic N) is 2. The quantitative estimate of drug-likeness (QED) is 0.125. The first-order valence-electron chi connectivity index (χ1n) is 19.6. The van der Waals surface area contributed by atoms with Gasteiger partial charge in [0, 0.05) is 22.5 Å². The fourth-order valence-corrected chi connectivity index (χ4v) is 14.4. The van der Waals surface area contributed by atoms with Crippen LogP contribution < -0.4 is 20.7 Å². The third-order valence-corrected chi connectivity index (χ3v) is 16.7. The van der Waals surface area contributed by atoms with E-state index in [0.717, 1.165) is 49.8 Å². The molecule has 3 heteroatoms. The largest absolute Gasteiger partial charge is 0.254 e. The number of pyridine rings is 2. The van der Waals surface area contributed by atoms with Crippen molar-refractivity contribution >= 4 is 50.6 Å². The molecule has 11 rings (SSSR count). The fraction of sp³-hybridized carbons (Fsp3) is 0. The van der Waals surface area contributed by atoms with Crippen molar-refractivity contribution in [2.75, 3.05) is 0 Å². The van der Waals surface area contributed by atoms with Crippen molar-refractivity contribution in [1.29, 1.82) is 0 Å². The zero-order valence-corrected chi connectivity index (χ0v) is 32.2. The molecule has 0 saturated carbocycles. The Morgan fingerprint density at radius 1 is 0.316 bits per heavy atom. The normalized spacial score (nSPS) is 12.7. The zero-order valence-electron chi connectivity index (χ0n) is 31.2. The predicted molar refractivity (Wildman–Crippen MR) is 241 cm³/mol. The highest BCUT2D eigenvalue weighted by Gasteiger charge is 2.48. The number of rotatable bonds is 6. The summed E-state index contributed by atoms with van der Waals surface area (Å²) in [5.41, 5.74) is 13.5. The number of benzene rings is 8. The molecular formula is C54H36N2Si. The Morgan fingerprint density at radius 2 is 0.842 bits per heavy atom. The van der Waals surface area contributed by atoms with Crippen LogP contribution in [0.3, 0.4) is 0 Å². The molecule has 1 aliphatic heterocycles. The van der Waals surface area contributed by atoms with Gasteiger partial charge in [-0.1, -0.05) is 194 Å². The summed E-state index contributed by atoms with van der Waals surface area (Å²) in [5.74, 6) is 0. The van der Waals surface area contributed by atoms with Crippen LogP contribution in [-0.2, 0) is 0 Å². The highest BCUT2D eigenvalue weighted by atomic mass is 28.3. The minimum Gasteiger partial charge on any atom is -0.254 e. The van der Waals surface area contributed by atoms with Crippen molar-refractivity contribution in [1.82, 2.24) is 9.97 Å². The molecule has 0 amide bonds. The van der Waals surface area contributed by atoms with E-state index in [2.05, 4.69) is 212 Å². The van der Waals surface area contributed by atoms with Crippen LogP contribution in [0.15, 0.2) is 219 Å². The van der Waals surface area contributed by atoms with Crippen LogP contribution >= 0.6 is 0 Å². The van der Waals surface area contributed by atoms with Crippen molar-refractivity contribution in [3.05, 3.63) is 219 Å². The predicted octanol–water partition coefficient (Wildman–Crippen LogP) is 10.8. The van der Waals surface area contributed by atoms with E-state index in [-0.39, 0.29) is 0 Å². The first-order chi connectivity index (χ1) is 28.3. The summed E-state index contributed by atoms with van der Waals surface area (Å²) in [6.07, 6.45) is 1.91. The van der Waals surface area contributed by atoms with Gasteiger partial charge in [-0.3, -0.25) is 4.98 Å². The maximum absolute atomic E-state index is 5.38. The molecule has 2 aromatic heterocycles. The maximum atomic E-state index is 5.38. The molecule has 266 valence electrons. The minimum absolute atomic E-state index is 0.910. The molecule has 0 saturated heterocycles. The number of hydrogen-bond donors (Lipinski definition) is 0. The second kappa shape index (κ2) is 13.5. The van der Waals surface area contributed by atoms with E-state index in [1.165, 1.54) is 48.6 Å². The van der Waals surface area contributed by atoms with E-state index in [4.69, 9.17) is 9.97 Å². The molecule has 0 unspecified atom stereocenters. The van der Waals surface area contributed by atoms with Gasteiger partial charge in [-0.05, 0) is 83.5 Å². The fourth-order valence-electron chi connectivity index (χ4n) is 9.24. The van der Waals surface area contributed by atoms with Crippen LogP contribution in [0.1, 0.15) is 0 Å². The molecule has 0 spiro atoms. The average molecular weight is 741 g/mol. The molecule has 0 atom stereocenters. The van der Waals surface area contributed by atoms with E-state index >= 15 is 0 Å². The maximum Gasteiger partial charge on any atom is 0.180 e. The molecule has 1 aliphatic rings. The van der Waals surface area contributed by atoms with Crippen LogP contribution in [0.25, 0.3) is 77.6 Å². The molecule has 10 aromatic rings. The van der Waals surface area contributed by atoms with Crippen molar-refractivity contribution in [2.45, 2.75) is 0 Å². The van der Waals surface area contributed by atoms with Gasteiger partial charge in [0.2, 0.25) is 0 Å². The highest BCUT2D eigenvalue weighted by Crippen LogP contribution is 2.38. The molecule has 8 aromatic carbocycles. The summed E-state index contributed by atoms with van der Waals surface area (Å²) < 4.78 is 0. The first kappa shape index (κ1) is 33.2. The van der Waals surface area contributed by atoms with Crippen LogP contribution in [0, 0.1) is 0 Å². The Labute approximate surface area is 333 Å². The van der Waals surface area contributed by atoms with E-state index in [0.29, 0.717) is 0 Å². The Bertz CT molecular complexity index is 3050. The van der Waals surface area contributed by atoms with Crippen molar-refractivity contribution in [2.24, 2.45) is 0 Å². The van der Waals surface area contributed by atoms with E-state index in [9.17, 15) is 0 Å². The van der Waals surface area contributed by atoms with Gasteiger partial charge < -0.3 is 0 Å². The molecule has 57 heavy (non-hydrogen) atoms. The van der Waals surface area contributed by atoms with Crippen molar-refractivity contribution < 1.29 is 0 Å². The molecule has 0 N–H and O–H groups in total. The average Bonchev–Trinajstić information content (AvgIpc) is 3.60. The molecule has 0 radical (unpaired) electrons. The molecule has 2 nitrogen and oxygen atoms in total. The highest BCUT2D eigenvalue weighted by molar-refractivity contribution is 7.22. The first-order valence-corrected chi connectivity index (χ1v) is 21.6. The number of hydrogen-bond acceptors (Lipinski definition) is 2. The Kier molecular flexibility index (Phi) is 7.87. The van der Waals surface area contributed by atoms with Gasteiger partial charge >= 0.3 is 0 Å². The van der Waals surface area contributed by atoms with Gasteiger partial charge in [-0.25, -0.2) is 4.98 Å². The van der Waals surface area contributed by atoms with Gasteiger partial charge in [0.25, 0.3) is 0 Å². The Morgan fingerprint density at radius 3 is 1.51 bits per heavy atom. The summed E-state index contributed by atoms with van der Waals surface area (Å²) in [7, 11) is -2.51. The van der Waals surface area contributed by atoms with Crippen LogP contribution in [0.2, 0.25) is 0 Å². The summed E-state index contributed by atoms with van der Waals surface area (Å²) in [5, 5.41) is 7.93. The van der Waals surface area contributed by atoms with Gasteiger partial charge in [-0.15, -0.1) is 0 Å². The van der Waals surface area contributed by atoms with E-state index < -0.39 is 8.07 Å². The lowest BCUT2D eigenvalue weighted by Crippen LogP contribution is -2.72. The molecule has 0 fully saturated rings. The van der Waals surface area contributed by atoms with Crippen molar-refractivity contribution in [3.63, 3.8) is 0 Å². The van der Waals surface area contributed by atoms with Gasteiger partial charge in [0.1, 0.15) is 0 Å². The van der Waals surface area contributed by atoms with Crippen LogP contribution in [-0.4, -0.2) is 18.0 Å². The minimum atomic E-state index is -2.51. The Hall–Kier alpha value is -7.20. The second-order valence-electron chi connectivity index (χ2n) is 14.9. The zero-order chi connectivity index (χ0) is 37.8. The van der Waals surface area contributed by atoms with E-state index in [1.54, 1.807) is 0 Å². The monoisotopic (exact) mass is 740 g/mol. The lowest BCUT2D eigenvalue weighted by Gasteiger charge is -2.31. The van der Waals surface area contributed by atoms with Crippen LogP contribution in [0.4, 0.5) is 0 Å². The van der Waals surface area contributed by atoms with E-state index in [1.807, 2.05) is 6.20 Å². The summed E-state index contributed by atoms with van der Waals surface area (Å²) in [4.78, 5) is 10.3. The summed E-state index contributed by atoms with van der Waals surface area (Å²) in [6, 6.07) is 77.5. The Balaban J connectivity index is 1.04. The van der Waals surface area contributed by atoms with Crippen molar-refractivity contribution in [3.8, 4) is 55.8 Å². The third-order valence-electron chi connectivity index (χ3n) is 11.8. The molecular weight excluding hydrogens is 705 g/mol. The summed E-state index contributed by atoms with van der Waals surface area (Å²) in [6.45, 7) is 0. The lowest BCUT2D eigenvalue weighted by atomic mass is 9.94. The number of fused-ring (bicyclic) bond motifs is 6. The molecule has 3 heterocycles.